The highest BCUT2D eigenvalue weighted by Gasteiger charge is 2.59. The van der Waals surface area contributed by atoms with Crippen molar-refractivity contribution >= 4 is 11.9 Å². The maximum atomic E-state index is 12.2. The number of carbonyl (C=O) groups is 2. The van der Waals surface area contributed by atoms with Crippen molar-refractivity contribution in [3.05, 3.63) is 69.8 Å². The van der Waals surface area contributed by atoms with Crippen molar-refractivity contribution in [2.45, 2.75) is 38.5 Å². The standard InChI is InChI=1S/C20H20O4/c1-11-8-9-15(13(3)12(11)2)17-10-14-6-4-5-7-16(14)20(17,18(21)22)19(23)24/h4-9,17H,10H2,1-3H3,(H,21,22)(H,23,24). The lowest BCUT2D eigenvalue weighted by Crippen LogP contribution is -2.46. The number of rotatable bonds is 3. The predicted molar refractivity (Wildman–Crippen MR) is 90.5 cm³/mol. The molecule has 0 aromatic heterocycles. The van der Waals surface area contributed by atoms with Crippen LogP contribution in [0.4, 0.5) is 0 Å². The van der Waals surface area contributed by atoms with Crippen LogP contribution in [-0.4, -0.2) is 22.2 Å². The summed E-state index contributed by atoms with van der Waals surface area (Å²) in [4.78, 5) is 24.4. The third-order valence-electron chi connectivity index (χ3n) is 5.54. The molecule has 4 heteroatoms. The highest BCUT2D eigenvalue weighted by molar-refractivity contribution is 6.07. The van der Waals surface area contributed by atoms with E-state index in [9.17, 15) is 19.8 Å². The Kier molecular flexibility index (Phi) is 3.71. The SMILES string of the molecule is Cc1ccc(C2Cc3ccccc3C2(C(=O)O)C(=O)O)c(C)c1C. The Labute approximate surface area is 140 Å². The van der Waals surface area contributed by atoms with Gasteiger partial charge in [-0.3, -0.25) is 9.59 Å². The van der Waals surface area contributed by atoms with Crippen molar-refractivity contribution in [1.29, 1.82) is 0 Å². The molecule has 4 nitrogen and oxygen atoms in total. The fourth-order valence-electron chi connectivity index (χ4n) is 3.96. The number of benzene rings is 2. The van der Waals surface area contributed by atoms with Crippen molar-refractivity contribution in [3.8, 4) is 0 Å². The predicted octanol–water partition coefficient (Wildman–Crippen LogP) is 3.36. The van der Waals surface area contributed by atoms with Crippen LogP contribution in [0.1, 0.15) is 39.3 Å². The van der Waals surface area contributed by atoms with E-state index >= 15 is 0 Å². The van der Waals surface area contributed by atoms with E-state index < -0.39 is 23.3 Å². The van der Waals surface area contributed by atoms with Gasteiger partial charge in [0, 0.05) is 5.92 Å². The zero-order valence-electron chi connectivity index (χ0n) is 14.0. The van der Waals surface area contributed by atoms with Gasteiger partial charge < -0.3 is 10.2 Å². The lowest BCUT2D eigenvalue weighted by Gasteiger charge is -2.30. The number of hydrogen-bond donors (Lipinski definition) is 2. The topological polar surface area (TPSA) is 74.6 Å². The molecule has 0 heterocycles. The van der Waals surface area contributed by atoms with E-state index in [0.29, 0.717) is 12.0 Å². The summed E-state index contributed by atoms with van der Waals surface area (Å²) in [6.07, 6.45) is 0.415. The number of hydrogen-bond acceptors (Lipinski definition) is 2. The maximum Gasteiger partial charge on any atom is 0.326 e. The summed E-state index contributed by atoms with van der Waals surface area (Å²) in [6, 6.07) is 10.8. The quantitative estimate of drug-likeness (QED) is 0.849. The molecular formula is C20H20O4. The molecule has 0 bridgehead atoms. The van der Waals surface area contributed by atoms with Crippen LogP contribution in [0.3, 0.4) is 0 Å². The summed E-state index contributed by atoms with van der Waals surface area (Å²) in [5, 5.41) is 19.9. The first-order chi connectivity index (χ1) is 11.3. The molecule has 0 radical (unpaired) electrons. The summed E-state index contributed by atoms with van der Waals surface area (Å²) in [6.45, 7) is 5.92. The Morgan fingerprint density at radius 3 is 2.21 bits per heavy atom. The molecule has 1 aliphatic rings. The van der Waals surface area contributed by atoms with Crippen LogP contribution in [0.15, 0.2) is 36.4 Å². The third kappa shape index (κ3) is 1.99. The first kappa shape index (κ1) is 16.2. The van der Waals surface area contributed by atoms with Gasteiger partial charge in [-0.2, -0.15) is 0 Å². The van der Waals surface area contributed by atoms with Crippen LogP contribution >= 0.6 is 0 Å². The second-order valence-corrected chi connectivity index (χ2v) is 6.55. The van der Waals surface area contributed by atoms with Gasteiger partial charge in [0.2, 0.25) is 0 Å². The first-order valence-electron chi connectivity index (χ1n) is 7.93. The number of fused-ring (bicyclic) bond motifs is 1. The number of aliphatic carboxylic acids is 2. The van der Waals surface area contributed by atoms with Gasteiger partial charge >= 0.3 is 11.9 Å². The second kappa shape index (κ2) is 5.48. The average molecular weight is 324 g/mol. The summed E-state index contributed by atoms with van der Waals surface area (Å²) in [5.74, 6) is -3.23. The van der Waals surface area contributed by atoms with E-state index in [1.807, 2.05) is 45.0 Å². The molecule has 0 saturated heterocycles. The molecule has 2 aromatic rings. The van der Waals surface area contributed by atoms with E-state index in [0.717, 1.165) is 27.8 Å². The van der Waals surface area contributed by atoms with Gasteiger partial charge in [-0.25, -0.2) is 0 Å². The van der Waals surface area contributed by atoms with Gasteiger partial charge in [-0.15, -0.1) is 0 Å². The minimum absolute atomic E-state index is 0.396. The molecule has 0 saturated carbocycles. The van der Waals surface area contributed by atoms with Crippen LogP contribution in [0, 0.1) is 20.8 Å². The van der Waals surface area contributed by atoms with Gasteiger partial charge in [-0.1, -0.05) is 36.4 Å². The van der Waals surface area contributed by atoms with E-state index in [4.69, 9.17) is 0 Å². The fourth-order valence-corrected chi connectivity index (χ4v) is 3.96. The van der Waals surface area contributed by atoms with E-state index in [2.05, 4.69) is 0 Å². The molecule has 1 aliphatic carbocycles. The average Bonchev–Trinajstić information content (AvgIpc) is 2.88. The minimum atomic E-state index is -1.94. The third-order valence-corrected chi connectivity index (χ3v) is 5.54. The van der Waals surface area contributed by atoms with Crippen molar-refractivity contribution in [2.24, 2.45) is 0 Å². The molecule has 0 aliphatic heterocycles. The zero-order valence-corrected chi connectivity index (χ0v) is 14.0. The van der Waals surface area contributed by atoms with E-state index in [1.54, 1.807) is 12.1 Å². The molecule has 2 aromatic carbocycles. The van der Waals surface area contributed by atoms with Crippen molar-refractivity contribution in [2.75, 3.05) is 0 Å². The highest BCUT2D eigenvalue weighted by atomic mass is 16.4. The number of carboxylic acids is 2. The molecule has 0 fully saturated rings. The van der Waals surface area contributed by atoms with Gasteiger partial charge in [0.25, 0.3) is 0 Å². The largest absolute Gasteiger partial charge is 0.480 e. The number of carboxylic acid groups (broad SMARTS) is 2. The smallest absolute Gasteiger partial charge is 0.326 e. The molecular weight excluding hydrogens is 304 g/mol. The molecule has 124 valence electrons. The van der Waals surface area contributed by atoms with E-state index in [1.165, 1.54) is 0 Å². The Bertz CT molecular complexity index is 837. The van der Waals surface area contributed by atoms with Crippen LogP contribution in [0.5, 0.6) is 0 Å². The first-order valence-corrected chi connectivity index (χ1v) is 7.93. The van der Waals surface area contributed by atoms with Crippen molar-refractivity contribution < 1.29 is 19.8 Å². The lowest BCUT2D eigenvalue weighted by molar-refractivity contribution is -0.158. The lowest BCUT2D eigenvalue weighted by atomic mass is 9.70. The van der Waals surface area contributed by atoms with Crippen LogP contribution in [0.25, 0.3) is 0 Å². The number of aryl methyl sites for hydroxylation is 1. The molecule has 24 heavy (non-hydrogen) atoms. The molecule has 1 unspecified atom stereocenters. The molecule has 3 rings (SSSR count). The Balaban J connectivity index is 2.31. The van der Waals surface area contributed by atoms with Gasteiger partial charge in [-0.05, 0) is 60.6 Å². The molecule has 1 atom stereocenters. The summed E-state index contributed by atoms with van der Waals surface area (Å²) in [5.41, 5.74) is 3.22. The van der Waals surface area contributed by atoms with Crippen LogP contribution in [0.2, 0.25) is 0 Å². The van der Waals surface area contributed by atoms with Gasteiger partial charge in [0.15, 0.2) is 5.41 Å². The molecule has 2 N–H and O–H groups in total. The summed E-state index contributed by atoms with van der Waals surface area (Å²) < 4.78 is 0. The van der Waals surface area contributed by atoms with Gasteiger partial charge in [0.05, 0.1) is 0 Å². The molecule has 0 amide bonds. The minimum Gasteiger partial charge on any atom is -0.480 e. The Morgan fingerprint density at radius 2 is 1.58 bits per heavy atom. The van der Waals surface area contributed by atoms with Crippen LogP contribution < -0.4 is 0 Å². The summed E-state index contributed by atoms with van der Waals surface area (Å²) >= 11 is 0. The van der Waals surface area contributed by atoms with Crippen LogP contribution in [-0.2, 0) is 21.4 Å². The second-order valence-electron chi connectivity index (χ2n) is 6.55. The maximum absolute atomic E-state index is 12.2. The van der Waals surface area contributed by atoms with Gasteiger partial charge in [0.1, 0.15) is 0 Å². The van der Waals surface area contributed by atoms with Crippen molar-refractivity contribution in [1.82, 2.24) is 0 Å². The fraction of sp³-hybridized carbons (Fsp3) is 0.300. The Morgan fingerprint density at radius 1 is 0.958 bits per heavy atom. The highest BCUT2D eigenvalue weighted by Crippen LogP contribution is 2.50. The van der Waals surface area contributed by atoms with E-state index in [-0.39, 0.29) is 0 Å². The molecule has 0 spiro atoms. The monoisotopic (exact) mass is 324 g/mol. The summed E-state index contributed by atoms with van der Waals surface area (Å²) in [7, 11) is 0. The zero-order chi connectivity index (χ0) is 17.6. The Hall–Kier alpha value is -2.62. The van der Waals surface area contributed by atoms with Crippen molar-refractivity contribution in [3.63, 3.8) is 0 Å². The normalized spacial score (nSPS) is 18.2.